The van der Waals surface area contributed by atoms with Gasteiger partial charge in [0.2, 0.25) is 11.8 Å². The van der Waals surface area contributed by atoms with Crippen LogP contribution >= 0.6 is 0 Å². The molecule has 146 valence electrons. The molecule has 0 spiro atoms. The van der Waals surface area contributed by atoms with Crippen molar-refractivity contribution < 1.29 is 9.59 Å². The number of hydrogen-bond donors (Lipinski definition) is 0. The zero-order valence-corrected chi connectivity index (χ0v) is 16.5. The van der Waals surface area contributed by atoms with E-state index in [1.807, 2.05) is 72.8 Å². The number of benzene rings is 3. The number of nitrogens with zero attached hydrogens (tertiary/aromatic N) is 4. The molecular weight excluding hydrogens is 376 g/mol. The number of carbonyl (C=O) groups excluding carboxylic acids is 2. The Morgan fingerprint density at radius 1 is 0.767 bits per heavy atom. The third kappa shape index (κ3) is 2.73. The molecule has 0 atom stereocenters. The Labute approximate surface area is 172 Å². The lowest BCUT2D eigenvalue weighted by Gasteiger charge is -2.04. The number of carbonyl (C=O) groups is 2. The maximum Gasteiger partial charge on any atom is 0.244 e. The molecular formula is C24H18N4O2. The summed E-state index contributed by atoms with van der Waals surface area (Å²) < 4.78 is 2.91. The molecule has 0 saturated carbocycles. The molecule has 0 saturated heterocycles. The number of fused-ring (bicyclic) bond motifs is 2. The molecule has 30 heavy (non-hydrogen) atoms. The van der Waals surface area contributed by atoms with Crippen molar-refractivity contribution in [1.29, 1.82) is 0 Å². The summed E-state index contributed by atoms with van der Waals surface area (Å²) in [4.78, 5) is 29.4. The summed E-state index contributed by atoms with van der Waals surface area (Å²) in [6, 6.07) is 23.3. The third-order valence-electron chi connectivity index (χ3n) is 5.17. The van der Waals surface area contributed by atoms with Gasteiger partial charge in [0.1, 0.15) is 5.69 Å². The van der Waals surface area contributed by atoms with Crippen LogP contribution in [-0.4, -0.2) is 31.1 Å². The predicted molar refractivity (Wildman–Crippen MR) is 116 cm³/mol. The van der Waals surface area contributed by atoms with E-state index < -0.39 is 0 Å². The van der Waals surface area contributed by atoms with Gasteiger partial charge < -0.3 is 0 Å². The molecule has 6 heteroatoms. The van der Waals surface area contributed by atoms with Gasteiger partial charge in [0.05, 0.1) is 16.6 Å². The first-order valence-electron chi connectivity index (χ1n) is 9.62. The Hall–Kier alpha value is -4.06. The summed E-state index contributed by atoms with van der Waals surface area (Å²) in [7, 11) is 0. The van der Waals surface area contributed by atoms with Gasteiger partial charge in [-0.25, -0.2) is 4.98 Å². The number of aromatic nitrogens is 4. The Bertz CT molecular complexity index is 1440. The van der Waals surface area contributed by atoms with Crippen LogP contribution in [0.4, 0.5) is 0 Å². The van der Waals surface area contributed by atoms with Crippen molar-refractivity contribution >= 4 is 33.8 Å². The smallest absolute Gasteiger partial charge is 0.244 e. The van der Waals surface area contributed by atoms with E-state index in [9.17, 15) is 9.59 Å². The minimum Gasteiger partial charge on any atom is -0.274 e. The number of para-hydroxylation sites is 1. The van der Waals surface area contributed by atoms with Crippen LogP contribution in [0.3, 0.4) is 0 Å². The molecule has 0 aliphatic heterocycles. The van der Waals surface area contributed by atoms with Crippen LogP contribution in [0.25, 0.3) is 44.6 Å². The van der Waals surface area contributed by atoms with Gasteiger partial charge in [-0.3, -0.25) is 14.2 Å². The van der Waals surface area contributed by atoms with Crippen molar-refractivity contribution in [1.82, 2.24) is 19.3 Å². The Morgan fingerprint density at radius 3 is 2.23 bits per heavy atom. The Kier molecular flexibility index (Phi) is 4.06. The molecule has 5 aromatic rings. The quantitative estimate of drug-likeness (QED) is 0.421. The monoisotopic (exact) mass is 394 g/mol. The molecule has 0 N–H and O–H groups in total. The number of hydrogen-bond acceptors (Lipinski definition) is 4. The second-order valence-corrected chi connectivity index (χ2v) is 7.16. The summed E-state index contributed by atoms with van der Waals surface area (Å²) in [6.07, 6.45) is 0. The fourth-order valence-electron chi connectivity index (χ4n) is 3.84. The molecule has 0 bridgehead atoms. The fourth-order valence-corrected chi connectivity index (χ4v) is 3.84. The standard InChI is InChI=1S/C24H18N4O2/c1-15(29)27-22-13-12-18(17-8-4-3-5-9-17)14-20(22)25-24(27)23-19-10-6-7-11-21(19)28(26-23)16(2)30/h3-14H,1-2H3. The summed E-state index contributed by atoms with van der Waals surface area (Å²) in [6.45, 7) is 2.96. The normalized spacial score (nSPS) is 11.3. The van der Waals surface area contributed by atoms with Gasteiger partial charge >= 0.3 is 0 Å². The zero-order valence-electron chi connectivity index (χ0n) is 16.5. The van der Waals surface area contributed by atoms with Crippen LogP contribution in [0.15, 0.2) is 72.8 Å². The van der Waals surface area contributed by atoms with E-state index in [0.29, 0.717) is 28.1 Å². The molecule has 6 nitrogen and oxygen atoms in total. The topological polar surface area (TPSA) is 69.8 Å². The Balaban J connectivity index is 1.80. The van der Waals surface area contributed by atoms with Gasteiger partial charge in [0.15, 0.2) is 5.82 Å². The van der Waals surface area contributed by atoms with Gasteiger partial charge in [-0.2, -0.15) is 9.78 Å². The van der Waals surface area contributed by atoms with Gasteiger partial charge in [-0.05, 0) is 29.3 Å². The van der Waals surface area contributed by atoms with E-state index in [0.717, 1.165) is 16.5 Å². The van der Waals surface area contributed by atoms with E-state index >= 15 is 0 Å². The molecule has 0 unspecified atom stereocenters. The lowest BCUT2D eigenvalue weighted by atomic mass is 10.1. The Morgan fingerprint density at radius 2 is 1.50 bits per heavy atom. The molecule has 0 aliphatic rings. The van der Waals surface area contributed by atoms with Crippen LogP contribution in [0, 0.1) is 0 Å². The van der Waals surface area contributed by atoms with Gasteiger partial charge in [0, 0.05) is 19.2 Å². The van der Waals surface area contributed by atoms with E-state index in [4.69, 9.17) is 4.98 Å². The summed E-state index contributed by atoms with van der Waals surface area (Å²) >= 11 is 0. The van der Waals surface area contributed by atoms with Crippen LogP contribution in [-0.2, 0) is 0 Å². The summed E-state index contributed by atoms with van der Waals surface area (Å²) in [5.41, 5.74) is 4.69. The van der Waals surface area contributed by atoms with Crippen molar-refractivity contribution in [3.8, 4) is 22.6 Å². The minimum atomic E-state index is -0.200. The molecule has 0 radical (unpaired) electrons. The van der Waals surface area contributed by atoms with Crippen molar-refractivity contribution in [2.45, 2.75) is 13.8 Å². The largest absolute Gasteiger partial charge is 0.274 e. The highest BCUT2D eigenvalue weighted by molar-refractivity contribution is 6.02. The first-order chi connectivity index (χ1) is 14.5. The highest BCUT2D eigenvalue weighted by Gasteiger charge is 2.22. The first-order valence-corrected chi connectivity index (χ1v) is 9.62. The molecule has 5 rings (SSSR count). The molecule has 0 fully saturated rings. The first kappa shape index (κ1) is 18.0. The average Bonchev–Trinajstić information content (AvgIpc) is 3.32. The minimum absolute atomic E-state index is 0.165. The lowest BCUT2D eigenvalue weighted by molar-refractivity contribution is 0.0925. The van der Waals surface area contributed by atoms with Gasteiger partial charge in [-0.15, -0.1) is 0 Å². The number of imidazole rings is 1. The average molecular weight is 394 g/mol. The molecule has 0 amide bonds. The predicted octanol–water partition coefficient (Wildman–Crippen LogP) is 5.04. The van der Waals surface area contributed by atoms with Crippen LogP contribution in [0.1, 0.15) is 23.4 Å². The zero-order chi connectivity index (χ0) is 20.8. The van der Waals surface area contributed by atoms with Crippen molar-refractivity contribution in [3.63, 3.8) is 0 Å². The number of rotatable bonds is 2. The van der Waals surface area contributed by atoms with Crippen molar-refractivity contribution in [2.75, 3.05) is 0 Å². The van der Waals surface area contributed by atoms with Crippen LogP contribution in [0.5, 0.6) is 0 Å². The van der Waals surface area contributed by atoms with Crippen LogP contribution in [0.2, 0.25) is 0 Å². The van der Waals surface area contributed by atoms with Crippen molar-refractivity contribution in [2.24, 2.45) is 0 Å². The van der Waals surface area contributed by atoms with E-state index in [2.05, 4.69) is 5.10 Å². The van der Waals surface area contributed by atoms with Crippen molar-refractivity contribution in [3.05, 3.63) is 72.8 Å². The third-order valence-corrected chi connectivity index (χ3v) is 5.17. The maximum atomic E-state index is 12.6. The van der Waals surface area contributed by atoms with Crippen LogP contribution < -0.4 is 0 Å². The summed E-state index contributed by atoms with van der Waals surface area (Å²) in [5.74, 6) is 0.0645. The molecule has 2 heterocycles. The second kappa shape index (κ2) is 6.77. The molecule has 2 aromatic heterocycles. The highest BCUT2D eigenvalue weighted by Crippen LogP contribution is 2.32. The van der Waals surface area contributed by atoms with Gasteiger partial charge in [0.25, 0.3) is 0 Å². The SMILES string of the molecule is CC(=O)n1nc(-c2nc3cc(-c4ccccc4)ccc3n2C(C)=O)c2ccccc21. The maximum absolute atomic E-state index is 12.6. The van der Waals surface area contributed by atoms with Gasteiger partial charge in [-0.1, -0.05) is 54.6 Å². The molecule has 0 aliphatic carbocycles. The highest BCUT2D eigenvalue weighted by atomic mass is 16.2. The molecule has 3 aromatic carbocycles. The fraction of sp³-hybridized carbons (Fsp3) is 0.0833. The summed E-state index contributed by atoms with van der Waals surface area (Å²) in [5, 5.41) is 5.28. The van der Waals surface area contributed by atoms with E-state index in [1.165, 1.54) is 18.5 Å². The van der Waals surface area contributed by atoms with E-state index in [1.54, 1.807) is 4.57 Å². The second-order valence-electron chi connectivity index (χ2n) is 7.16. The van der Waals surface area contributed by atoms with E-state index in [-0.39, 0.29) is 11.8 Å². The lowest BCUT2D eigenvalue weighted by Crippen LogP contribution is -2.09.